The van der Waals surface area contributed by atoms with Crippen LogP contribution in [0.5, 0.6) is 0 Å². The van der Waals surface area contributed by atoms with Crippen molar-refractivity contribution in [1.82, 2.24) is 9.66 Å². The number of benzene rings is 1. The van der Waals surface area contributed by atoms with Crippen LogP contribution in [0.1, 0.15) is 24.1 Å². The highest BCUT2D eigenvalue weighted by molar-refractivity contribution is 7.19. The first-order valence-electron chi connectivity index (χ1n) is 8.67. The molecule has 3 aromatic rings. The number of carbonyl (C=O) groups excluding carboxylic acids is 1. The van der Waals surface area contributed by atoms with Crippen LogP contribution >= 0.6 is 11.3 Å². The zero-order valence-electron chi connectivity index (χ0n) is 14.4. The number of amides is 1. The molecule has 1 aliphatic rings. The summed E-state index contributed by atoms with van der Waals surface area (Å²) in [5.41, 5.74) is 4.37. The van der Waals surface area contributed by atoms with E-state index in [-0.39, 0.29) is 17.4 Å². The van der Waals surface area contributed by atoms with Gasteiger partial charge in [-0.3, -0.25) is 15.0 Å². The Morgan fingerprint density at radius 3 is 2.81 bits per heavy atom. The summed E-state index contributed by atoms with van der Waals surface area (Å²) in [6.07, 6.45) is 7.93. The van der Waals surface area contributed by atoms with E-state index >= 15 is 0 Å². The molecule has 0 spiro atoms. The third-order valence-electron chi connectivity index (χ3n) is 4.72. The first-order valence-corrected chi connectivity index (χ1v) is 9.49. The van der Waals surface area contributed by atoms with Gasteiger partial charge in [-0.15, -0.1) is 11.3 Å². The van der Waals surface area contributed by atoms with E-state index in [1.807, 2.05) is 43.3 Å². The van der Waals surface area contributed by atoms with Crippen LogP contribution < -0.4 is 11.0 Å². The average molecular weight is 365 g/mol. The summed E-state index contributed by atoms with van der Waals surface area (Å²) in [7, 11) is 0. The Morgan fingerprint density at radius 1 is 1.27 bits per heavy atom. The molecule has 0 saturated heterocycles. The number of nitrogens with one attached hydrogen (secondary N) is 1. The van der Waals surface area contributed by atoms with Gasteiger partial charge in [-0.1, -0.05) is 42.5 Å². The Bertz CT molecular complexity index is 1050. The van der Waals surface area contributed by atoms with Crippen molar-refractivity contribution in [2.75, 3.05) is 5.43 Å². The molecule has 4 rings (SSSR count). The predicted octanol–water partition coefficient (Wildman–Crippen LogP) is 3.86. The number of aromatic nitrogens is 2. The van der Waals surface area contributed by atoms with Crippen molar-refractivity contribution in [3.8, 4) is 11.1 Å². The van der Waals surface area contributed by atoms with Crippen molar-refractivity contribution in [3.63, 3.8) is 0 Å². The molecule has 0 bridgehead atoms. The second-order valence-corrected chi connectivity index (χ2v) is 7.66. The maximum absolute atomic E-state index is 13.1. The Morgan fingerprint density at radius 2 is 2.08 bits per heavy atom. The fraction of sp³-hybridized carbons (Fsp3) is 0.250. The molecule has 1 aromatic carbocycles. The molecule has 1 amide bonds. The summed E-state index contributed by atoms with van der Waals surface area (Å²) in [5.74, 6) is -0.230. The maximum Gasteiger partial charge on any atom is 0.281 e. The third kappa shape index (κ3) is 2.97. The summed E-state index contributed by atoms with van der Waals surface area (Å²) in [6, 6.07) is 9.82. The Balaban J connectivity index is 1.76. The average Bonchev–Trinajstić information content (AvgIpc) is 3.02. The lowest BCUT2D eigenvalue weighted by atomic mass is 9.94. The number of hydrogen-bond donors (Lipinski definition) is 1. The number of rotatable bonds is 3. The lowest BCUT2D eigenvalue weighted by Crippen LogP contribution is -2.36. The number of nitrogens with zero attached hydrogens (tertiary/aromatic N) is 2. The fourth-order valence-corrected chi connectivity index (χ4v) is 4.38. The van der Waals surface area contributed by atoms with Gasteiger partial charge < -0.3 is 0 Å². The van der Waals surface area contributed by atoms with E-state index in [2.05, 4.69) is 16.5 Å². The van der Waals surface area contributed by atoms with Crippen LogP contribution in [0.3, 0.4) is 0 Å². The highest BCUT2D eigenvalue weighted by Crippen LogP contribution is 2.35. The van der Waals surface area contributed by atoms with Gasteiger partial charge in [0.1, 0.15) is 11.2 Å². The zero-order chi connectivity index (χ0) is 18.1. The summed E-state index contributed by atoms with van der Waals surface area (Å²) < 4.78 is 1.22. The van der Waals surface area contributed by atoms with Crippen LogP contribution in [-0.4, -0.2) is 15.6 Å². The van der Waals surface area contributed by atoms with E-state index in [0.717, 1.165) is 28.8 Å². The van der Waals surface area contributed by atoms with Gasteiger partial charge in [-0.25, -0.2) is 9.66 Å². The van der Waals surface area contributed by atoms with E-state index in [4.69, 9.17) is 0 Å². The predicted molar refractivity (Wildman–Crippen MR) is 105 cm³/mol. The molecule has 6 heteroatoms. The molecule has 2 heterocycles. The highest BCUT2D eigenvalue weighted by atomic mass is 32.1. The lowest BCUT2D eigenvalue weighted by molar-refractivity contribution is -0.121. The van der Waals surface area contributed by atoms with Gasteiger partial charge in [0.2, 0.25) is 5.91 Å². The van der Waals surface area contributed by atoms with Crippen molar-refractivity contribution in [1.29, 1.82) is 0 Å². The molecule has 1 atom stereocenters. The van der Waals surface area contributed by atoms with Crippen molar-refractivity contribution >= 4 is 27.5 Å². The minimum Gasteiger partial charge on any atom is -0.273 e. The van der Waals surface area contributed by atoms with Crippen LogP contribution in [0, 0.1) is 12.8 Å². The van der Waals surface area contributed by atoms with Crippen molar-refractivity contribution in [2.45, 2.75) is 26.2 Å². The minimum atomic E-state index is -0.238. The van der Waals surface area contributed by atoms with E-state index in [9.17, 15) is 9.59 Å². The minimum absolute atomic E-state index is 0.0969. The van der Waals surface area contributed by atoms with E-state index in [1.54, 1.807) is 0 Å². The topological polar surface area (TPSA) is 64.0 Å². The van der Waals surface area contributed by atoms with Crippen molar-refractivity contribution in [3.05, 3.63) is 64.0 Å². The van der Waals surface area contributed by atoms with E-state index in [1.165, 1.54) is 22.3 Å². The van der Waals surface area contributed by atoms with Crippen LogP contribution in [-0.2, 0) is 4.79 Å². The van der Waals surface area contributed by atoms with Crippen molar-refractivity contribution < 1.29 is 4.79 Å². The number of carbonyl (C=O) groups is 1. The number of hydrogen-bond acceptors (Lipinski definition) is 4. The molecule has 1 N–H and O–H groups in total. The van der Waals surface area contributed by atoms with Gasteiger partial charge in [-0.2, -0.15) is 0 Å². The molecule has 0 unspecified atom stereocenters. The maximum atomic E-state index is 13.1. The molecular weight excluding hydrogens is 346 g/mol. The van der Waals surface area contributed by atoms with Gasteiger partial charge in [-0.05, 0) is 31.7 Å². The second-order valence-electron chi connectivity index (χ2n) is 6.46. The molecule has 1 aliphatic carbocycles. The normalized spacial score (nSPS) is 16.7. The largest absolute Gasteiger partial charge is 0.281 e. The summed E-state index contributed by atoms with van der Waals surface area (Å²) >= 11 is 1.50. The highest BCUT2D eigenvalue weighted by Gasteiger charge is 2.21. The van der Waals surface area contributed by atoms with Gasteiger partial charge in [0.25, 0.3) is 5.56 Å². The second kappa shape index (κ2) is 6.88. The number of allylic oxidation sites excluding steroid dienone is 2. The van der Waals surface area contributed by atoms with Gasteiger partial charge >= 0.3 is 0 Å². The first kappa shape index (κ1) is 16.7. The molecule has 5 nitrogen and oxygen atoms in total. The Kier molecular flexibility index (Phi) is 4.42. The number of aryl methyl sites for hydroxylation is 1. The van der Waals surface area contributed by atoms with E-state index in [0.29, 0.717) is 16.6 Å². The van der Waals surface area contributed by atoms with E-state index < -0.39 is 0 Å². The Labute approximate surface area is 155 Å². The van der Waals surface area contributed by atoms with Gasteiger partial charge in [0, 0.05) is 16.4 Å². The van der Waals surface area contributed by atoms with Gasteiger partial charge in [0.05, 0.1) is 5.39 Å². The third-order valence-corrected chi connectivity index (χ3v) is 5.73. The molecule has 0 fully saturated rings. The summed E-state index contributed by atoms with van der Waals surface area (Å²) in [6.45, 7) is 1.99. The van der Waals surface area contributed by atoms with Crippen LogP contribution in [0.25, 0.3) is 21.3 Å². The molecular formula is C20H19N3O2S. The van der Waals surface area contributed by atoms with Crippen LogP contribution in [0.2, 0.25) is 0 Å². The summed E-state index contributed by atoms with van der Waals surface area (Å²) in [5, 5.41) is 0.560. The molecule has 0 aliphatic heterocycles. The molecule has 0 saturated carbocycles. The number of thiophene rings is 1. The molecule has 2 aromatic heterocycles. The lowest BCUT2D eigenvalue weighted by Gasteiger charge is -2.17. The fourth-order valence-electron chi connectivity index (χ4n) is 3.38. The van der Waals surface area contributed by atoms with Gasteiger partial charge in [0.15, 0.2) is 0 Å². The molecule has 0 radical (unpaired) electrons. The molecule has 132 valence electrons. The van der Waals surface area contributed by atoms with Crippen molar-refractivity contribution in [2.24, 2.45) is 5.92 Å². The monoisotopic (exact) mass is 365 g/mol. The van der Waals surface area contributed by atoms with Crippen LogP contribution in [0.15, 0.2) is 53.6 Å². The number of fused-ring (bicyclic) bond motifs is 1. The molecule has 26 heavy (non-hydrogen) atoms. The smallest absolute Gasteiger partial charge is 0.273 e. The SMILES string of the molecule is Cc1sc2ncn(NC(=O)[C@H]3CC=CCC3)c(=O)c2c1-c1ccccc1. The summed E-state index contributed by atoms with van der Waals surface area (Å²) in [4.78, 5) is 31.7. The first-order chi connectivity index (χ1) is 12.6. The zero-order valence-corrected chi connectivity index (χ0v) is 15.3. The van der Waals surface area contributed by atoms with Crippen LogP contribution in [0.4, 0.5) is 0 Å². The Hall–Kier alpha value is -2.73. The quantitative estimate of drug-likeness (QED) is 0.717. The standard InChI is InChI=1S/C20H19N3O2S/c1-13-16(14-8-4-2-5-9-14)17-19(26-13)21-12-23(20(17)25)22-18(24)15-10-6-3-7-11-15/h2-6,8-9,12,15H,7,10-11H2,1H3,(H,22,24)/t15-/m0/s1.